The van der Waals surface area contributed by atoms with E-state index in [-0.39, 0.29) is 5.91 Å². The third-order valence-electron chi connectivity index (χ3n) is 4.39. The Kier molecular flexibility index (Phi) is 5.21. The number of carbonyl (C=O) groups excluding carboxylic acids is 1. The molecule has 0 saturated heterocycles. The number of hydrogen-bond acceptors (Lipinski definition) is 5. The number of fused-ring (bicyclic) bond motifs is 1. The molecule has 1 N–H and O–H groups in total. The summed E-state index contributed by atoms with van der Waals surface area (Å²) in [6.07, 6.45) is -2.51. The lowest BCUT2D eigenvalue weighted by Gasteiger charge is -2.08. The number of aromatic nitrogens is 3. The zero-order valence-corrected chi connectivity index (χ0v) is 16.5. The second-order valence-corrected chi connectivity index (χ2v) is 7.64. The van der Waals surface area contributed by atoms with Gasteiger partial charge in [0, 0.05) is 24.6 Å². The van der Waals surface area contributed by atoms with Gasteiger partial charge in [0.1, 0.15) is 6.33 Å². The topological polar surface area (TPSA) is 67.8 Å². The highest BCUT2D eigenvalue weighted by Gasteiger charge is 2.30. The van der Waals surface area contributed by atoms with Crippen molar-refractivity contribution in [2.24, 2.45) is 0 Å². The van der Waals surface area contributed by atoms with E-state index < -0.39 is 11.7 Å². The summed E-state index contributed by atoms with van der Waals surface area (Å²) in [4.78, 5) is 24.3. The molecule has 2 heterocycles. The lowest BCUT2D eigenvalue weighted by molar-refractivity contribution is -0.137. The van der Waals surface area contributed by atoms with Gasteiger partial charge in [0.15, 0.2) is 5.13 Å². The molecule has 1 amide bonds. The van der Waals surface area contributed by atoms with Crippen LogP contribution in [0.1, 0.15) is 23.7 Å². The number of anilines is 1. The summed E-state index contributed by atoms with van der Waals surface area (Å²) in [5, 5.41) is 3.22. The Balaban J connectivity index is 1.62. The molecular weight excluding hydrogens is 413 g/mol. The molecule has 0 bridgehead atoms. The summed E-state index contributed by atoms with van der Waals surface area (Å²) in [7, 11) is 0. The fraction of sp³-hybridized carbons (Fsp3) is 0.143. The number of hydrogen-bond donors (Lipinski definition) is 1. The number of carbonyl (C=O) groups is 1. The molecule has 152 valence electrons. The Bertz CT molecular complexity index is 1220. The molecule has 0 radical (unpaired) electrons. The molecule has 30 heavy (non-hydrogen) atoms. The van der Waals surface area contributed by atoms with Crippen LogP contribution in [0.15, 0.2) is 54.9 Å². The number of benzene rings is 2. The van der Waals surface area contributed by atoms with Crippen LogP contribution in [-0.4, -0.2) is 20.9 Å². The maximum atomic E-state index is 12.8. The average molecular weight is 428 g/mol. The lowest BCUT2D eigenvalue weighted by Crippen LogP contribution is -2.05. The van der Waals surface area contributed by atoms with Crippen LogP contribution in [0, 0.1) is 0 Å². The molecule has 0 aliphatic rings. The van der Waals surface area contributed by atoms with Crippen molar-refractivity contribution < 1.29 is 18.0 Å². The van der Waals surface area contributed by atoms with Crippen LogP contribution in [0.3, 0.4) is 0 Å². The molecule has 4 rings (SSSR count). The third-order valence-corrected chi connectivity index (χ3v) is 5.32. The fourth-order valence-electron chi connectivity index (χ4n) is 3.03. The quantitative estimate of drug-likeness (QED) is 0.478. The number of thiazole rings is 1. The number of nitrogens with zero attached hydrogens (tertiary/aromatic N) is 3. The molecular formula is C21H15F3N4OS. The van der Waals surface area contributed by atoms with Crippen molar-refractivity contribution in [2.75, 3.05) is 5.32 Å². The van der Waals surface area contributed by atoms with E-state index in [1.807, 2.05) is 18.2 Å². The van der Waals surface area contributed by atoms with E-state index in [2.05, 4.69) is 20.3 Å². The highest BCUT2D eigenvalue weighted by Crippen LogP contribution is 2.31. The number of alkyl halides is 3. The Morgan fingerprint density at radius 2 is 1.87 bits per heavy atom. The summed E-state index contributed by atoms with van der Waals surface area (Å²) in [6.45, 7) is 1.43. The normalized spacial score (nSPS) is 11.6. The Morgan fingerprint density at radius 3 is 2.57 bits per heavy atom. The molecule has 2 aromatic carbocycles. The molecule has 4 aromatic rings. The smallest absolute Gasteiger partial charge is 0.302 e. The largest absolute Gasteiger partial charge is 0.416 e. The molecule has 5 nitrogen and oxygen atoms in total. The Labute approximate surface area is 173 Å². The van der Waals surface area contributed by atoms with Gasteiger partial charge < -0.3 is 5.32 Å². The lowest BCUT2D eigenvalue weighted by atomic mass is 10.0. The summed E-state index contributed by atoms with van der Waals surface area (Å²) >= 11 is 1.39. The second kappa shape index (κ2) is 7.83. The second-order valence-electron chi connectivity index (χ2n) is 6.61. The molecule has 0 saturated carbocycles. The highest BCUT2D eigenvalue weighted by atomic mass is 32.1. The first-order valence-electron chi connectivity index (χ1n) is 8.94. The van der Waals surface area contributed by atoms with Crippen molar-refractivity contribution in [3.05, 3.63) is 71.7 Å². The van der Waals surface area contributed by atoms with Gasteiger partial charge >= 0.3 is 6.18 Å². The van der Waals surface area contributed by atoms with Crippen LogP contribution in [0.4, 0.5) is 18.3 Å². The zero-order chi connectivity index (χ0) is 21.3. The monoisotopic (exact) mass is 428 g/mol. The van der Waals surface area contributed by atoms with Gasteiger partial charge in [-0.1, -0.05) is 35.6 Å². The Morgan fingerprint density at radius 1 is 1.10 bits per heavy atom. The van der Waals surface area contributed by atoms with E-state index >= 15 is 0 Å². The van der Waals surface area contributed by atoms with E-state index in [0.29, 0.717) is 28.5 Å². The number of amides is 1. The predicted molar refractivity (Wildman–Crippen MR) is 109 cm³/mol. The molecule has 0 aliphatic heterocycles. The number of rotatable bonds is 4. The van der Waals surface area contributed by atoms with Gasteiger partial charge in [0.2, 0.25) is 5.91 Å². The zero-order valence-electron chi connectivity index (χ0n) is 15.7. The van der Waals surface area contributed by atoms with Gasteiger partial charge in [0.25, 0.3) is 0 Å². The van der Waals surface area contributed by atoms with E-state index in [4.69, 9.17) is 0 Å². The van der Waals surface area contributed by atoms with Crippen LogP contribution < -0.4 is 5.32 Å². The molecule has 2 aromatic heterocycles. The molecule has 9 heteroatoms. The Hall–Kier alpha value is -3.33. The van der Waals surface area contributed by atoms with Crippen molar-refractivity contribution in [1.29, 1.82) is 0 Å². The van der Waals surface area contributed by atoms with Gasteiger partial charge in [-0.05, 0) is 29.8 Å². The van der Waals surface area contributed by atoms with Crippen LogP contribution in [-0.2, 0) is 17.4 Å². The summed E-state index contributed by atoms with van der Waals surface area (Å²) in [5.41, 5.74) is 2.83. The number of nitrogens with one attached hydrogen (secondary N) is 1. The van der Waals surface area contributed by atoms with Gasteiger partial charge in [0.05, 0.1) is 21.5 Å². The fourth-order valence-corrected chi connectivity index (χ4v) is 3.99. The van der Waals surface area contributed by atoms with Crippen molar-refractivity contribution in [3.63, 3.8) is 0 Å². The summed E-state index contributed by atoms with van der Waals surface area (Å²) in [5.74, 6) is -0.187. The first kappa shape index (κ1) is 20.0. The number of para-hydroxylation sites is 1. The third kappa shape index (κ3) is 4.30. The maximum absolute atomic E-state index is 12.8. The van der Waals surface area contributed by atoms with Crippen LogP contribution in [0.25, 0.3) is 21.5 Å². The average Bonchev–Trinajstić information content (AvgIpc) is 3.10. The molecule has 0 fully saturated rings. The number of halogens is 3. The SMILES string of the molecule is CC(=O)Nc1nc2c(Cc3cc(-c4ccc(C(F)(F)F)cc4)ncn3)cccc2s1. The summed E-state index contributed by atoms with van der Waals surface area (Å²) < 4.78 is 39.3. The van der Waals surface area contributed by atoms with Crippen molar-refractivity contribution in [1.82, 2.24) is 15.0 Å². The highest BCUT2D eigenvalue weighted by molar-refractivity contribution is 7.22. The van der Waals surface area contributed by atoms with Gasteiger partial charge in [-0.25, -0.2) is 15.0 Å². The molecule has 0 spiro atoms. The maximum Gasteiger partial charge on any atom is 0.416 e. The van der Waals surface area contributed by atoms with E-state index in [1.54, 1.807) is 6.07 Å². The molecule has 0 atom stereocenters. The van der Waals surface area contributed by atoms with Crippen molar-refractivity contribution in [3.8, 4) is 11.3 Å². The van der Waals surface area contributed by atoms with Crippen LogP contribution >= 0.6 is 11.3 Å². The summed E-state index contributed by atoms with van der Waals surface area (Å²) in [6, 6.07) is 12.4. The van der Waals surface area contributed by atoms with Gasteiger partial charge in [-0.15, -0.1) is 0 Å². The van der Waals surface area contributed by atoms with Gasteiger partial charge in [-0.3, -0.25) is 4.79 Å². The standard InChI is InChI=1S/C21H15F3N4OS/c1-12(29)27-20-28-19-14(3-2-4-18(19)30-20)9-16-10-17(26-11-25-16)13-5-7-15(8-6-13)21(22,23)24/h2-8,10-11H,9H2,1H3,(H,27,28,29). The van der Waals surface area contributed by atoms with E-state index in [1.165, 1.54) is 36.7 Å². The van der Waals surface area contributed by atoms with Crippen LogP contribution in [0.5, 0.6) is 0 Å². The first-order valence-corrected chi connectivity index (χ1v) is 9.76. The van der Waals surface area contributed by atoms with E-state index in [0.717, 1.165) is 27.9 Å². The van der Waals surface area contributed by atoms with E-state index in [9.17, 15) is 18.0 Å². The first-order chi connectivity index (χ1) is 14.3. The van der Waals surface area contributed by atoms with Crippen molar-refractivity contribution in [2.45, 2.75) is 19.5 Å². The molecule has 0 aliphatic carbocycles. The minimum absolute atomic E-state index is 0.187. The van der Waals surface area contributed by atoms with Crippen molar-refractivity contribution >= 4 is 32.6 Å². The predicted octanol–water partition coefficient (Wildman–Crippen LogP) is 5.32. The minimum Gasteiger partial charge on any atom is -0.302 e. The molecule has 0 unspecified atom stereocenters. The van der Waals surface area contributed by atoms with Gasteiger partial charge in [-0.2, -0.15) is 13.2 Å². The van der Waals surface area contributed by atoms with Crippen LogP contribution in [0.2, 0.25) is 0 Å². The minimum atomic E-state index is -4.38.